The van der Waals surface area contributed by atoms with Gasteiger partial charge in [-0.3, -0.25) is 0 Å². The lowest BCUT2D eigenvalue weighted by Gasteiger charge is -2.36. The molecule has 8 rings (SSSR count). The first-order chi connectivity index (χ1) is 23.5. The largest absolute Gasteiger partial charge is 0.494 e. The summed E-state index contributed by atoms with van der Waals surface area (Å²) in [5.74, 6) is 0. The average molecular weight is 833 g/mol. The average Bonchev–Trinajstić information content (AvgIpc) is 3.41. The first-order valence-electron chi connectivity index (χ1n) is 16.8. The monoisotopic (exact) mass is 830 g/mol. The molecule has 2 saturated heterocycles. The number of rotatable bonds is 4. The van der Waals surface area contributed by atoms with Gasteiger partial charge in [-0.2, -0.15) is 0 Å². The van der Waals surface area contributed by atoms with Crippen molar-refractivity contribution in [3.8, 4) is 0 Å². The minimum absolute atomic E-state index is 0.430. The molecule has 0 saturated carbocycles. The van der Waals surface area contributed by atoms with Crippen LogP contribution in [0.4, 0.5) is 0 Å². The Morgan fingerprint density at radius 2 is 1.06 bits per heavy atom. The topological polar surface area (TPSA) is 36.9 Å². The fraction of sp³-hybridized carbons (Fsp3) is 0.300. The Hall–Kier alpha value is -2.13. The SMILES string of the molecule is CC1(C)OB(c2ccc3c(c2)c(Cl)cc2c4ccc(B5OC(C)(C)C(C)(Cc6cc(Br)c7c(Br)cccc7c6)O5)cc4c(Cl)cc32)OC1(C)C. The summed E-state index contributed by atoms with van der Waals surface area (Å²) >= 11 is 21.6. The quantitative estimate of drug-likeness (QED) is 0.131. The van der Waals surface area contributed by atoms with Gasteiger partial charge in [-0.15, -0.1) is 0 Å². The Morgan fingerprint density at radius 3 is 1.62 bits per heavy atom. The lowest BCUT2D eigenvalue weighted by molar-refractivity contribution is -0.00875. The summed E-state index contributed by atoms with van der Waals surface area (Å²) in [5, 5.41) is 9.58. The first kappa shape index (κ1) is 34.9. The second-order valence-electron chi connectivity index (χ2n) is 15.4. The Kier molecular flexibility index (Phi) is 8.34. The summed E-state index contributed by atoms with van der Waals surface area (Å²) < 4.78 is 28.3. The molecule has 1 unspecified atom stereocenters. The van der Waals surface area contributed by atoms with Crippen molar-refractivity contribution in [1.29, 1.82) is 0 Å². The third-order valence-electron chi connectivity index (χ3n) is 11.3. The van der Waals surface area contributed by atoms with Crippen LogP contribution in [0, 0.1) is 0 Å². The molecule has 2 aliphatic rings. The molecule has 1 atom stereocenters. The van der Waals surface area contributed by atoms with Gasteiger partial charge in [-0.25, -0.2) is 0 Å². The standard InChI is InChI=1S/C40H36B2Br2Cl2O4/c1-37(2)38(3,4)48-41(47-37)24-11-13-26-28-20-35(46)31-18-25(12-14-27(31)29(28)19-34(45)30(26)17-24)42-49-39(5,6)40(7,50-42)21-22-15-23-9-8-10-32(43)36(23)33(44)16-22/h8-20H,21H2,1-7H3. The Morgan fingerprint density at radius 1 is 0.540 bits per heavy atom. The van der Waals surface area contributed by atoms with E-state index >= 15 is 0 Å². The summed E-state index contributed by atoms with van der Waals surface area (Å²) in [5.41, 5.74) is 0.997. The zero-order valence-corrected chi connectivity index (χ0v) is 33.7. The van der Waals surface area contributed by atoms with Gasteiger partial charge in [0.05, 0.1) is 22.4 Å². The third-order valence-corrected chi connectivity index (χ3v) is 13.2. The maximum absolute atomic E-state index is 7.08. The lowest BCUT2D eigenvalue weighted by Crippen LogP contribution is -2.46. The van der Waals surface area contributed by atoms with Crippen LogP contribution in [0.15, 0.2) is 87.8 Å². The highest BCUT2D eigenvalue weighted by molar-refractivity contribution is 9.11. The van der Waals surface area contributed by atoms with Gasteiger partial charge in [0.25, 0.3) is 0 Å². The van der Waals surface area contributed by atoms with Crippen LogP contribution < -0.4 is 10.9 Å². The number of benzene rings is 6. The van der Waals surface area contributed by atoms with E-state index in [4.69, 9.17) is 41.8 Å². The van der Waals surface area contributed by atoms with Crippen molar-refractivity contribution in [1.82, 2.24) is 0 Å². The number of hydrogen-bond donors (Lipinski definition) is 0. The van der Waals surface area contributed by atoms with Gasteiger partial charge in [0.15, 0.2) is 0 Å². The van der Waals surface area contributed by atoms with E-state index < -0.39 is 36.6 Å². The molecule has 0 aliphatic carbocycles. The highest BCUT2D eigenvalue weighted by atomic mass is 79.9. The second-order valence-corrected chi connectivity index (χ2v) is 17.9. The molecule has 0 bridgehead atoms. The van der Waals surface area contributed by atoms with Crippen LogP contribution in [0.25, 0.3) is 43.1 Å². The molecule has 2 aliphatic heterocycles. The lowest BCUT2D eigenvalue weighted by atomic mass is 9.77. The maximum Gasteiger partial charge on any atom is 0.494 e. The minimum atomic E-state index is -0.593. The van der Waals surface area contributed by atoms with Gasteiger partial charge in [-0.05, 0) is 116 Å². The first-order valence-corrected chi connectivity index (χ1v) is 19.2. The van der Waals surface area contributed by atoms with Gasteiger partial charge in [-0.1, -0.05) is 110 Å². The van der Waals surface area contributed by atoms with Gasteiger partial charge in [0, 0.05) is 41.6 Å². The molecule has 0 N–H and O–H groups in total. The van der Waals surface area contributed by atoms with Crippen LogP contribution in [0.5, 0.6) is 0 Å². The van der Waals surface area contributed by atoms with Crippen molar-refractivity contribution in [2.75, 3.05) is 0 Å². The van der Waals surface area contributed by atoms with E-state index in [1.165, 1.54) is 5.56 Å². The molecule has 254 valence electrons. The van der Waals surface area contributed by atoms with Crippen molar-refractivity contribution in [3.63, 3.8) is 0 Å². The minimum Gasteiger partial charge on any atom is -0.399 e. The summed E-state index contributed by atoms with van der Waals surface area (Å²) in [6.07, 6.45) is 0.679. The molecular weight excluding hydrogens is 797 g/mol. The molecule has 4 nitrogen and oxygen atoms in total. The Bertz CT molecular complexity index is 2380. The van der Waals surface area contributed by atoms with Crippen LogP contribution in [-0.2, 0) is 25.0 Å². The second kappa shape index (κ2) is 11.9. The van der Waals surface area contributed by atoms with E-state index in [2.05, 4.69) is 147 Å². The van der Waals surface area contributed by atoms with Crippen LogP contribution in [0.2, 0.25) is 10.0 Å². The fourth-order valence-electron chi connectivity index (χ4n) is 7.34. The van der Waals surface area contributed by atoms with Crippen LogP contribution >= 0.6 is 55.1 Å². The zero-order chi connectivity index (χ0) is 35.5. The summed E-state index contributed by atoms with van der Waals surface area (Å²) in [4.78, 5) is 0. The van der Waals surface area contributed by atoms with Gasteiger partial charge in [0.1, 0.15) is 0 Å². The molecule has 0 amide bonds. The highest BCUT2D eigenvalue weighted by Crippen LogP contribution is 2.43. The summed E-state index contributed by atoms with van der Waals surface area (Å²) in [7, 11) is -1.03. The van der Waals surface area contributed by atoms with E-state index in [-0.39, 0.29) is 0 Å². The molecule has 2 fully saturated rings. The smallest absolute Gasteiger partial charge is 0.399 e. The van der Waals surface area contributed by atoms with Crippen LogP contribution in [-0.4, -0.2) is 36.6 Å². The van der Waals surface area contributed by atoms with E-state index in [9.17, 15) is 0 Å². The zero-order valence-electron chi connectivity index (χ0n) is 29.0. The molecular formula is C40H36B2Br2Cl2O4. The maximum atomic E-state index is 7.08. The summed E-state index contributed by atoms with van der Waals surface area (Å²) in [6, 6.07) is 27.2. The fourth-order valence-corrected chi connectivity index (χ4v) is 9.47. The van der Waals surface area contributed by atoms with Crippen LogP contribution in [0.1, 0.15) is 54.0 Å². The van der Waals surface area contributed by atoms with E-state index in [1.54, 1.807) is 0 Å². The van der Waals surface area contributed by atoms with Crippen LogP contribution in [0.3, 0.4) is 0 Å². The summed E-state index contributed by atoms with van der Waals surface area (Å²) in [6.45, 7) is 14.6. The Labute approximate surface area is 320 Å². The number of halogens is 4. The van der Waals surface area contributed by atoms with Crippen molar-refractivity contribution in [2.45, 2.75) is 77.3 Å². The molecule has 50 heavy (non-hydrogen) atoms. The van der Waals surface area contributed by atoms with Gasteiger partial charge >= 0.3 is 14.2 Å². The molecule has 0 aromatic heterocycles. The predicted molar refractivity (Wildman–Crippen MR) is 218 cm³/mol. The Balaban J connectivity index is 1.13. The van der Waals surface area contributed by atoms with E-state index in [0.717, 1.165) is 63.0 Å². The van der Waals surface area contributed by atoms with Gasteiger partial charge in [0.2, 0.25) is 0 Å². The predicted octanol–water partition coefficient (Wildman–Crippen LogP) is 11.0. The third kappa shape index (κ3) is 5.56. The highest BCUT2D eigenvalue weighted by Gasteiger charge is 2.55. The molecule has 0 radical (unpaired) electrons. The van der Waals surface area contributed by atoms with Crippen molar-refractivity contribution in [2.24, 2.45) is 0 Å². The van der Waals surface area contributed by atoms with Crippen molar-refractivity contribution in [3.05, 3.63) is 103 Å². The molecule has 6 aromatic carbocycles. The van der Waals surface area contributed by atoms with Crippen molar-refractivity contribution >= 4 is 123 Å². The molecule has 2 heterocycles. The normalized spacial score (nSPS) is 21.3. The van der Waals surface area contributed by atoms with Gasteiger partial charge < -0.3 is 18.6 Å². The van der Waals surface area contributed by atoms with E-state index in [0.29, 0.717) is 16.5 Å². The number of hydrogen-bond acceptors (Lipinski definition) is 4. The molecule has 0 spiro atoms. The van der Waals surface area contributed by atoms with E-state index in [1.807, 2.05) is 12.1 Å². The molecule has 10 heteroatoms. The van der Waals surface area contributed by atoms with Crippen molar-refractivity contribution < 1.29 is 18.6 Å². The molecule has 6 aromatic rings. The number of fused-ring (bicyclic) bond motifs is 6.